The van der Waals surface area contributed by atoms with Crippen molar-refractivity contribution >= 4 is 34.9 Å². The Kier molecular flexibility index (Phi) is 3.98. The molecule has 1 aromatic carbocycles. The van der Waals surface area contributed by atoms with Crippen LogP contribution in [0.5, 0.6) is 0 Å². The van der Waals surface area contributed by atoms with Crippen molar-refractivity contribution in [3.8, 4) is 0 Å². The number of carbonyl (C=O) groups excluding carboxylic acids is 1. The molecule has 0 aliphatic carbocycles. The quantitative estimate of drug-likeness (QED) is 0.911. The summed E-state index contributed by atoms with van der Waals surface area (Å²) in [6, 6.07) is 4.53. The number of amides is 2. The maximum Gasteiger partial charge on any atom is 0.319 e. The van der Waals surface area contributed by atoms with Crippen LogP contribution in [-0.4, -0.2) is 20.8 Å². The van der Waals surface area contributed by atoms with E-state index in [-0.39, 0.29) is 6.03 Å². The maximum atomic E-state index is 11.9. The number of anilines is 1. The average molecular weight is 326 g/mol. The normalized spacial score (nSPS) is 13.0. The summed E-state index contributed by atoms with van der Waals surface area (Å²) in [5.74, 6) is 1.74. The lowest BCUT2D eigenvalue weighted by Gasteiger charge is -2.09. The van der Waals surface area contributed by atoms with Crippen LogP contribution < -0.4 is 10.6 Å². The first-order valence-electron chi connectivity index (χ1n) is 6.54. The van der Waals surface area contributed by atoms with Gasteiger partial charge in [-0.2, -0.15) is 0 Å². The van der Waals surface area contributed by atoms with Gasteiger partial charge in [-0.25, -0.2) is 4.79 Å². The summed E-state index contributed by atoms with van der Waals surface area (Å²) >= 11 is 11.8. The van der Waals surface area contributed by atoms with Gasteiger partial charge in [-0.1, -0.05) is 23.2 Å². The van der Waals surface area contributed by atoms with E-state index in [1.807, 2.05) is 4.57 Å². The van der Waals surface area contributed by atoms with Crippen LogP contribution in [0.15, 0.2) is 18.2 Å². The Balaban J connectivity index is 1.59. The van der Waals surface area contributed by atoms with Crippen molar-refractivity contribution in [1.82, 2.24) is 20.1 Å². The number of hydrogen-bond donors (Lipinski definition) is 2. The Hall–Kier alpha value is -1.79. The molecule has 0 saturated carbocycles. The van der Waals surface area contributed by atoms with Gasteiger partial charge in [0.05, 0.1) is 17.3 Å². The number of nitrogens with zero attached hydrogens (tertiary/aromatic N) is 3. The van der Waals surface area contributed by atoms with Crippen LogP contribution in [0.3, 0.4) is 0 Å². The molecule has 0 spiro atoms. The molecule has 1 aliphatic rings. The number of aryl methyl sites for hydroxylation is 1. The molecule has 0 unspecified atom stereocenters. The van der Waals surface area contributed by atoms with Gasteiger partial charge in [0.25, 0.3) is 0 Å². The SMILES string of the molecule is O=C(NCc1nnc2n1CCC2)Nc1ccc(Cl)cc1Cl. The van der Waals surface area contributed by atoms with Gasteiger partial charge in [0, 0.05) is 18.0 Å². The highest BCUT2D eigenvalue weighted by molar-refractivity contribution is 6.36. The first-order valence-corrected chi connectivity index (χ1v) is 7.30. The molecule has 1 aliphatic heterocycles. The third-order valence-corrected chi connectivity index (χ3v) is 3.82. The first-order chi connectivity index (χ1) is 10.1. The van der Waals surface area contributed by atoms with Crippen LogP contribution in [0.25, 0.3) is 0 Å². The van der Waals surface area contributed by atoms with Crippen molar-refractivity contribution in [3.05, 3.63) is 39.9 Å². The molecular formula is C13H13Cl2N5O. The predicted octanol–water partition coefficient (Wildman–Crippen LogP) is 2.85. The third kappa shape index (κ3) is 3.11. The number of carbonyl (C=O) groups is 1. The molecule has 0 fully saturated rings. The Morgan fingerprint density at radius 3 is 3.00 bits per heavy atom. The third-order valence-electron chi connectivity index (χ3n) is 3.27. The fraction of sp³-hybridized carbons (Fsp3) is 0.308. The van der Waals surface area contributed by atoms with Gasteiger partial charge in [-0.05, 0) is 24.6 Å². The van der Waals surface area contributed by atoms with Crippen molar-refractivity contribution in [2.24, 2.45) is 0 Å². The molecule has 0 saturated heterocycles. The zero-order valence-electron chi connectivity index (χ0n) is 11.1. The van der Waals surface area contributed by atoms with Gasteiger partial charge in [-0.15, -0.1) is 10.2 Å². The van der Waals surface area contributed by atoms with E-state index in [0.717, 1.165) is 31.0 Å². The summed E-state index contributed by atoms with van der Waals surface area (Å²) in [7, 11) is 0. The highest BCUT2D eigenvalue weighted by Gasteiger charge is 2.17. The molecule has 2 N–H and O–H groups in total. The molecule has 110 valence electrons. The van der Waals surface area contributed by atoms with E-state index in [1.165, 1.54) is 0 Å². The minimum atomic E-state index is -0.352. The van der Waals surface area contributed by atoms with Crippen LogP contribution in [0, 0.1) is 0 Å². The highest BCUT2D eigenvalue weighted by atomic mass is 35.5. The standard InChI is InChI=1S/C13H13Cl2N5O/c14-8-3-4-10(9(15)6-8)17-13(21)16-7-12-19-18-11-2-1-5-20(11)12/h3-4,6H,1-2,5,7H2,(H2,16,17,21). The summed E-state index contributed by atoms with van der Waals surface area (Å²) in [5.41, 5.74) is 0.505. The number of rotatable bonds is 3. The van der Waals surface area contributed by atoms with Crippen molar-refractivity contribution in [3.63, 3.8) is 0 Å². The lowest BCUT2D eigenvalue weighted by atomic mass is 10.3. The predicted molar refractivity (Wildman–Crippen MR) is 80.7 cm³/mol. The topological polar surface area (TPSA) is 71.8 Å². The van der Waals surface area contributed by atoms with E-state index in [9.17, 15) is 4.79 Å². The number of halogens is 2. The van der Waals surface area contributed by atoms with Crippen LogP contribution in [0.1, 0.15) is 18.1 Å². The van der Waals surface area contributed by atoms with Crippen molar-refractivity contribution < 1.29 is 4.79 Å². The second-order valence-corrected chi connectivity index (χ2v) is 5.56. The largest absolute Gasteiger partial charge is 0.331 e. The van der Waals surface area contributed by atoms with E-state index < -0.39 is 0 Å². The number of fused-ring (bicyclic) bond motifs is 1. The summed E-state index contributed by atoms with van der Waals surface area (Å²) in [5, 5.41) is 14.5. The van der Waals surface area contributed by atoms with Gasteiger partial charge in [0.2, 0.25) is 0 Å². The molecule has 0 atom stereocenters. The van der Waals surface area contributed by atoms with Gasteiger partial charge in [-0.3, -0.25) is 0 Å². The molecular weight excluding hydrogens is 313 g/mol. The number of urea groups is 1. The smallest absolute Gasteiger partial charge is 0.319 e. The Bertz CT molecular complexity index is 685. The van der Waals surface area contributed by atoms with E-state index in [1.54, 1.807) is 18.2 Å². The summed E-state index contributed by atoms with van der Waals surface area (Å²) < 4.78 is 2.04. The molecule has 0 bridgehead atoms. The average Bonchev–Trinajstić information content (AvgIpc) is 3.03. The number of hydrogen-bond acceptors (Lipinski definition) is 3. The number of benzene rings is 1. The highest BCUT2D eigenvalue weighted by Crippen LogP contribution is 2.25. The Morgan fingerprint density at radius 2 is 2.19 bits per heavy atom. The minimum Gasteiger partial charge on any atom is -0.331 e. The maximum absolute atomic E-state index is 11.9. The van der Waals surface area contributed by atoms with E-state index in [4.69, 9.17) is 23.2 Å². The van der Waals surface area contributed by atoms with E-state index >= 15 is 0 Å². The second-order valence-electron chi connectivity index (χ2n) is 4.72. The molecule has 3 rings (SSSR count). The summed E-state index contributed by atoms with van der Waals surface area (Å²) in [6.45, 7) is 1.23. The fourth-order valence-corrected chi connectivity index (χ4v) is 2.71. The van der Waals surface area contributed by atoms with Gasteiger partial charge >= 0.3 is 6.03 Å². The first kappa shape index (κ1) is 14.2. The second kappa shape index (κ2) is 5.91. The van der Waals surface area contributed by atoms with Crippen LogP contribution in [-0.2, 0) is 19.5 Å². The molecule has 2 heterocycles. The summed E-state index contributed by atoms with van der Waals surface area (Å²) in [4.78, 5) is 11.9. The molecule has 2 amide bonds. The van der Waals surface area contributed by atoms with E-state index in [2.05, 4.69) is 20.8 Å². The molecule has 1 aromatic heterocycles. The van der Waals surface area contributed by atoms with Crippen molar-refractivity contribution in [2.45, 2.75) is 25.9 Å². The van der Waals surface area contributed by atoms with Gasteiger partial charge in [0.15, 0.2) is 5.82 Å². The number of aromatic nitrogens is 3. The molecule has 8 heteroatoms. The monoisotopic (exact) mass is 325 g/mol. The number of nitrogens with one attached hydrogen (secondary N) is 2. The zero-order valence-corrected chi connectivity index (χ0v) is 12.6. The fourth-order valence-electron chi connectivity index (χ4n) is 2.26. The van der Waals surface area contributed by atoms with Gasteiger partial charge < -0.3 is 15.2 Å². The molecule has 0 radical (unpaired) electrons. The molecule has 6 nitrogen and oxygen atoms in total. The van der Waals surface area contributed by atoms with Gasteiger partial charge in [0.1, 0.15) is 5.82 Å². The van der Waals surface area contributed by atoms with Crippen LogP contribution >= 0.6 is 23.2 Å². The lowest BCUT2D eigenvalue weighted by molar-refractivity contribution is 0.251. The minimum absolute atomic E-state index is 0.323. The molecule has 21 heavy (non-hydrogen) atoms. The Labute approximate surface area is 131 Å². The van der Waals surface area contributed by atoms with Crippen molar-refractivity contribution in [1.29, 1.82) is 0 Å². The zero-order chi connectivity index (χ0) is 14.8. The van der Waals surface area contributed by atoms with Crippen LogP contribution in [0.2, 0.25) is 10.0 Å². The van der Waals surface area contributed by atoms with Crippen molar-refractivity contribution in [2.75, 3.05) is 5.32 Å². The van der Waals surface area contributed by atoms with E-state index in [0.29, 0.717) is 22.3 Å². The molecule has 2 aromatic rings. The summed E-state index contributed by atoms with van der Waals surface area (Å²) in [6.07, 6.45) is 2.02. The Morgan fingerprint density at radius 1 is 1.33 bits per heavy atom. The van der Waals surface area contributed by atoms with Crippen LogP contribution in [0.4, 0.5) is 10.5 Å². The lowest BCUT2D eigenvalue weighted by Crippen LogP contribution is -2.29.